The van der Waals surface area contributed by atoms with Crippen molar-refractivity contribution in [2.75, 3.05) is 6.54 Å². The van der Waals surface area contributed by atoms with Gasteiger partial charge >= 0.3 is 0 Å². The van der Waals surface area contributed by atoms with Crippen molar-refractivity contribution in [3.8, 4) is 22.3 Å². The van der Waals surface area contributed by atoms with Gasteiger partial charge in [0.25, 0.3) is 0 Å². The molecule has 0 bridgehead atoms. The largest absolute Gasteiger partial charge is 0.327 e. The lowest BCUT2D eigenvalue weighted by molar-refractivity contribution is 0.509. The van der Waals surface area contributed by atoms with Gasteiger partial charge in [-0.3, -0.25) is 5.32 Å². The van der Waals surface area contributed by atoms with Gasteiger partial charge in [-0.2, -0.15) is 0 Å². The monoisotopic (exact) mass is 637 g/mol. The van der Waals surface area contributed by atoms with Crippen LogP contribution in [0.3, 0.4) is 0 Å². The highest BCUT2D eigenvalue weighted by Crippen LogP contribution is 2.53. The number of nitrogens with one attached hydrogen (secondary N) is 1. The first kappa shape index (κ1) is 32.2. The van der Waals surface area contributed by atoms with Crippen LogP contribution < -0.4 is 16.8 Å². The topological polar surface area (TPSA) is 64.1 Å². The van der Waals surface area contributed by atoms with Gasteiger partial charge in [-0.15, -0.1) is 0 Å². The van der Waals surface area contributed by atoms with Gasteiger partial charge in [-0.1, -0.05) is 159 Å². The van der Waals surface area contributed by atoms with E-state index in [9.17, 15) is 0 Å². The maximum atomic E-state index is 6.72. The molecule has 3 nitrogen and oxygen atoms in total. The van der Waals surface area contributed by atoms with Crippen molar-refractivity contribution in [2.24, 2.45) is 11.5 Å². The highest BCUT2D eigenvalue weighted by Gasteiger charge is 2.37. The van der Waals surface area contributed by atoms with E-state index in [1.807, 2.05) is 36.4 Å². The van der Waals surface area contributed by atoms with Crippen molar-refractivity contribution in [2.45, 2.75) is 31.5 Å². The van der Waals surface area contributed by atoms with E-state index in [-0.39, 0.29) is 17.6 Å². The molecular formula is C46H43N3. The number of hydrogen-bond donors (Lipinski definition) is 3. The second-order valence-corrected chi connectivity index (χ2v) is 13.3. The van der Waals surface area contributed by atoms with Crippen LogP contribution in [0.4, 0.5) is 0 Å². The Bertz CT molecular complexity index is 2190. The summed E-state index contributed by atoms with van der Waals surface area (Å²) in [4.78, 5) is 0. The number of benzene rings is 6. The van der Waals surface area contributed by atoms with E-state index in [4.69, 9.17) is 11.5 Å². The highest BCUT2D eigenvalue weighted by molar-refractivity contribution is 5.98. The summed E-state index contributed by atoms with van der Waals surface area (Å²) >= 11 is 0. The summed E-state index contributed by atoms with van der Waals surface area (Å²) in [5.41, 5.74) is 24.6. The van der Waals surface area contributed by atoms with Crippen molar-refractivity contribution in [1.29, 1.82) is 0 Å². The lowest BCUT2D eigenvalue weighted by Crippen LogP contribution is -2.31. The molecule has 0 saturated carbocycles. The van der Waals surface area contributed by atoms with Gasteiger partial charge < -0.3 is 11.5 Å². The van der Waals surface area contributed by atoms with Gasteiger partial charge in [0.1, 0.15) is 0 Å². The van der Waals surface area contributed by atoms with Crippen LogP contribution in [0.2, 0.25) is 0 Å². The summed E-state index contributed by atoms with van der Waals surface area (Å²) in [6.45, 7) is 5.23. The Kier molecular flexibility index (Phi) is 9.23. The SMILES string of the molecule is CC1(C)c2cc3ccccc3cc2-c2c(-c3cccc(/C=C/C(NC(N)c4ccccc4)c4cccc(/C=C/C=C\CN)c4)c3)cccc21. The first-order valence-electron chi connectivity index (χ1n) is 17.1. The van der Waals surface area contributed by atoms with E-state index in [2.05, 4.69) is 153 Å². The molecule has 5 N–H and O–H groups in total. The molecule has 1 aliphatic rings. The molecule has 0 aliphatic heterocycles. The maximum Gasteiger partial charge on any atom is 0.0817 e. The van der Waals surface area contributed by atoms with Crippen LogP contribution in [0.5, 0.6) is 0 Å². The van der Waals surface area contributed by atoms with E-state index >= 15 is 0 Å². The summed E-state index contributed by atoms with van der Waals surface area (Å²) in [5.74, 6) is 0. The third-order valence-electron chi connectivity index (χ3n) is 9.70. The predicted octanol–water partition coefficient (Wildman–Crippen LogP) is 10.3. The molecule has 0 heterocycles. The highest BCUT2D eigenvalue weighted by atomic mass is 15.0. The number of allylic oxidation sites excluding steroid dienone is 2. The molecule has 0 aromatic heterocycles. The standard InChI is InChI=1S/C46H43N3/c1-46(2)41-24-13-23-39(44(41)40-30-35-19-8-9-20-36(35)31-42(40)46)37-21-11-16-33(28-37)25-26-43(49-45(48)34-17-6-3-7-18-34)38-22-12-15-32(29-38)14-5-4-10-27-47/h3-26,28-31,43,45,49H,27,47-48H2,1-2H3/b10-4-,14-5+,26-25+. The Morgan fingerprint density at radius 2 is 1.33 bits per heavy atom. The first-order valence-corrected chi connectivity index (χ1v) is 17.1. The smallest absolute Gasteiger partial charge is 0.0817 e. The molecule has 49 heavy (non-hydrogen) atoms. The molecule has 242 valence electrons. The Labute approximate surface area is 290 Å². The van der Waals surface area contributed by atoms with Crippen LogP contribution in [0.1, 0.15) is 59.4 Å². The lowest BCUT2D eigenvalue weighted by Gasteiger charge is -2.22. The van der Waals surface area contributed by atoms with Gasteiger partial charge in [-0.25, -0.2) is 0 Å². The van der Waals surface area contributed by atoms with Gasteiger partial charge in [0.15, 0.2) is 0 Å². The quantitative estimate of drug-likeness (QED) is 0.103. The lowest BCUT2D eigenvalue weighted by atomic mass is 9.81. The molecule has 3 heteroatoms. The van der Waals surface area contributed by atoms with E-state index in [1.54, 1.807) is 0 Å². The molecule has 7 rings (SSSR count). The fourth-order valence-electron chi connectivity index (χ4n) is 7.12. The first-order chi connectivity index (χ1) is 23.9. The van der Waals surface area contributed by atoms with Crippen LogP contribution >= 0.6 is 0 Å². The molecule has 2 atom stereocenters. The molecule has 0 fully saturated rings. The van der Waals surface area contributed by atoms with E-state index in [1.165, 1.54) is 44.2 Å². The second kappa shape index (κ2) is 14.0. The predicted molar refractivity (Wildman–Crippen MR) is 209 cm³/mol. The molecule has 0 saturated heterocycles. The number of nitrogens with two attached hydrogens (primary N) is 2. The Morgan fingerprint density at radius 3 is 2.12 bits per heavy atom. The molecule has 0 radical (unpaired) electrons. The average Bonchev–Trinajstić information content (AvgIpc) is 3.36. The van der Waals surface area contributed by atoms with Crippen LogP contribution in [0, 0.1) is 0 Å². The van der Waals surface area contributed by atoms with Crippen LogP contribution in [-0.2, 0) is 5.41 Å². The maximum absolute atomic E-state index is 6.72. The number of hydrogen-bond acceptors (Lipinski definition) is 3. The summed E-state index contributed by atoms with van der Waals surface area (Å²) < 4.78 is 0. The van der Waals surface area contributed by atoms with Crippen LogP contribution in [0.25, 0.3) is 45.2 Å². The summed E-state index contributed by atoms with van der Waals surface area (Å²) in [6, 6.07) is 47.7. The zero-order valence-corrected chi connectivity index (χ0v) is 28.2. The van der Waals surface area contributed by atoms with E-state index < -0.39 is 0 Å². The fourth-order valence-corrected chi connectivity index (χ4v) is 7.12. The number of fused-ring (bicyclic) bond motifs is 4. The fraction of sp³-hybridized carbons (Fsp3) is 0.130. The number of rotatable bonds is 10. The minimum absolute atomic E-state index is 0.0803. The van der Waals surface area contributed by atoms with Gasteiger partial charge in [0.2, 0.25) is 0 Å². The van der Waals surface area contributed by atoms with Crippen molar-refractivity contribution >= 4 is 22.9 Å². The van der Waals surface area contributed by atoms with Gasteiger partial charge in [0.05, 0.1) is 12.2 Å². The van der Waals surface area contributed by atoms with Crippen molar-refractivity contribution in [3.05, 3.63) is 191 Å². The minimum Gasteiger partial charge on any atom is -0.327 e. The molecule has 6 aromatic carbocycles. The van der Waals surface area contributed by atoms with E-state index in [0.717, 1.165) is 22.3 Å². The molecular weight excluding hydrogens is 595 g/mol. The Balaban J connectivity index is 1.24. The van der Waals surface area contributed by atoms with Crippen LogP contribution in [0.15, 0.2) is 158 Å². The van der Waals surface area contributed by atoms with Gasteiger partial charge in [-0.05, 0) is 90.7 Å². The Morgan fingerprint density at radius 1 is 0.633 bits per heavy atom. The Hall–Kier alpha value is -5.32. The minimum atomic E-state index is -0.333. The van der Waals surface area contributed by atoms with E-state index in [0.29, 0.717) is 6.54 Å². The summed E-state index contributed by atoms with van der Waals surface area (Å²) in [5, 5.41) is 6.24. The molecule has 0 spiro atoms. The molecule has 6 aromatic rings. The van der Waals surface area contributed by atoms with Crippen LogP contribution in [-0.4, -0.2) is 6.54 Å². The second-order valence-electron chi connectivity index (χ2n) is 13.3. The zero-order valence-electron chi connectivity index (χ0n) is 28.2. The third-order valence-corrected chi connectivity index (χ3v) is 9.70. The normalized spacial score (nSPS) is 14.9. The van der Waals surface area contributed by atoms with Crippen molar-refractivity contribution in [3.63, 3.8) is 0 Å². The van der Waals surface area contributed by atoms with Crippen molar-refractivity contribution in [1.82, 2.24) is 5.32 Å². The van der Waals surface area contributed by atoms with Gasteiger partial charge in [0, 0.05) is 12.0 Å². The zero-order chi connectivity index (χ0) is 33.8. The average molecular weight is 638 g/mol. The summed E-state index contributed by atoms with van der Waals surface area (Å²) in [7, 11) is 0. The third kappa shape index (κ3) is 6.70. The molecule has 2 unspecified atom stereocenters. The van der Waals surface area contributed by atoms with Crippen molar-refractivity contribution < 1.29 is 0 Å². The molecule has 1 aliphatic carbocycles. The summed E-state index contributed by atoms with van der Waals surface area (Å²) in [6.07, 6.45) is 12.1. The molecule has 0 amide bonds.